The molecule has 2 N–H and O–H groups in total. The predicted molar refractivity (Wildman–Crippen MR) is 117 cm³/mol. The smallest absolute Gasteiger partial charge is 0.409 e. The third-order valence-electron chi connectivity index (χ3n) is 5.05. The third kappa shape index (κ3) is 8.20. The van der Waals surface area contributed by atoms with E-state index in [-0.39, 0.29) is 24.3 Å². The van der Waals surface area contributed by atoms with Gasteiger partial charge in [0.2, 0.25) is 5.91 Å². The molecule has 1 aliphatic heterocycles. The van der Waals surface area contributed by atoms with E-state index in [1.807, 2.05) is 13.0 Å². The summed E-state index contributed by atoms with van der Waals surface area (Å²) >= 11 is 0. The fourth-order valence-electron chi connectivity index (χ4n) is 3.35. The lowest BCUT2D eigenvalue weighted by atomic mass is 10.0. The third-order valence-corrected chi connectivity index (χ3v) is 6.02. The molecule has 10 heteroatoms. The maximum Gasteiger partial charge on any atom is 0.409 e. The SMILES string of the molecule is CCOC(=O)N1CCC(NC(=O)[C@H](CCS(C)(=O)=O)NC(=O)c2cccc(C)c2)CC1. The fourth-order valence-corrected chi connectivity index (χ4v) is 4.02. The topological polar surface area (TPSA) is 122 Å². The zero-order valence-corrected chi connectivity index (χ0v) is 19.0. The molecule has 172 valence electrons. The average Bonchev–Trinajstić information content (AvgIpc) is 2.70. The molecule has 9 nitrogen and oxygen atoms in total. The van der Waals surface area contributed by atoms with Gasteiger partial charge in [0.1, 0.15) is 15.9 Å². The van der Waals surface area contributed by atoms with Crippen LogP contribution in [0.15, 0.2) is 24.3 Å². The van der Waals surface area contributed by atoms with E-state index >= 15 is 0 Å². The molecule has 1 aliphatic rings. The molecule has 1 aromatic carbocycles. The number of piperidine rings is 1. The van der Waals surface area contributed by atoms with E-state index in [2.05, 4.69) is 10.6 Å². The van der Waals surface area contributed by atoms with Crippen molar-refractivity contribution in [1.29, 1.82) is 0 Å². The van der Waals surface area contributed by atoms with Gasteiger partial charge in [-0.1, -0.05) is 17.7 Å². The number of hydrogen-bond acceptors (Lipinski definition) is 6. The molecule has 0 spiro atoms. The molecule has 1 atom stereocenters. The first-order valence-corrected chi connectivity index (χ1v) is 12.4. The second kappa shape index (κ2) is 11.1. The van der Waals surface area contributed by atoms with Crippen LogP contribution in [0.1, 0.15) is 42.1 Å². The number of nitrogens with one attached hydrogen (secondary N) is 2. The van der Waals surface area contributed by atoms with Crippen LogP contribution in [-0.2, 0) is 19.4 Å². The summed E-state index contributed by atoms with van der Waals surface area (Å²) in [6, 6.07) is 5.78. The molecule has 0 saturated carbocycles. The Kier molecular flexibility index (Phi) is 8.85. The van der Waals surface area contributed by atoms with Crippen LogP contribution in [0.25, 0.3) is 0 Å². The summed E-state index contributed by atoms with van der Waals surface area (Å²) in [7, 11) is -3.30. The molecule has 0 bridgehead atoms. The van der Waals surface area contributed by atoms with Gasteiger partial charge in [0, 0.05) is 31.0 Å². The van der Waals surface area contributed by atoms with Crippen molar-refractivity contribution in [3.05, 3.63) is 35.4 Å². The van der Waals surface area contributed by atoms with Crippen molar-refractivity contribution in [2.45, 2.75) is 45.2 Å². The van der Waals surface area contributed by atoms with Crippen molar-refractivity contribution in [2.75, 3.05) is 31.7 Å². The molecule has 1 aromatic rings. The molecule has 1 saturated heterocycles. The van der Waals surface area contributed by atoms with Crippen molar-refractivity contribution in [3.63, 3.8) is 0 Å². The van der Waals surface area contributed by atoms with Gasteiger partial charge in [-0.2, -0.15) is 0 Å². The number of nitrogens with zero attached hydrogens (tertiary/aromatic N) is 1. The van der Waals surface area contributed by atoms with Crippen molar-refractivity contribution < 1.29 is 27.5 Å². The lowest BCUT2D eigenvalue weighted by Crippen LogP contribution is -2.53. The van der Waals surface area contributed by atoms with Crippen LogP contribution >= 0.6 is 0 Å². The molecule has 0 unspecified atom stereocenters. The average molecular weight is 454 g/mol. The number of rotatable bonds is 8. The number of aryl methyl sites for hydroxylation is 1. The maximum absolute atomic E-state index is 12.9. The minimum atomic E-state index is -3.30. The van der Waals surface area contributed by atoms with Crippen molar-refractivity contribution in [2.24, 2.45) is 0 Å². The minimum Gasteiger partial charge on any atom is -0.450 e. The van der Waals surface area contributed by atoms with E-state index in [0.717, 1.165) is 11.8 Å². The quantitative estimate of drug-likeness (QED) is 0.611. The van der Waals surface area contributed by atoms with Crippen molar-refractivity contribution in [3.8, 4) is 0 Å². The Labute approximate surface area is 183 Å². The second-order valence-corrected chi connectivity index (χ2v) is 10.0. The number of carbonyl (C=O) groups excluding carboxylic acids is 3. The summed E-state index contributed by atoms with van der Waals surface area (Å²) in [5.74, 6) is -1.09. The van der Waals surface area contributed by atoms with E-state index < -0.39 is 27.7 Å². The Balaban J connectivity index is 2.00. The first kappa shape index (κ1) is 24.6. The van der Waals surface area contributed by atoms with E-state index in [4.69, 9.17) is 4.74 Å². The molecule has 0 aromatic heterocycles. The monoisotopic (exact) mass is 453 g/mol. The highest BCUT2D eigenvalue weighted by atomic mass is 32.2. The lowest BCUT2D eigenvalue weighted by molar-refractivity contribution is -0.124. The summed E-state index contributed by atoms with van der Waals surface area (Å²) < 4.78 is 28.2. The van der Waals surface area contributed by atoms with Gasteiger partial charge >= 0.3 is 6.09 Å². The largest absolute Gasteiger partial charge is 0.450 e. The van der Waals surface area contributed by atoms with Gasteiger partial charge in [-0.25, -0.2) is 13.2 Å². The highest BCUT2D eigenvalue weighted by molar-refractivity contribution is 7.90. The number of likely N-dealkylation sites (tertiary alicyclic amines) is 1. The van der Waals surface area contributed by atoms with Crippen LogP contribution in [0.4, 0.5) is 4.79 Å². The fraction of sp³-hybridized carbons (Fsp3) is 0.571. The normalized spacial score (nSPS) is 15.8. The van der Waals surface area contributed by atoms with Crippen molar-refractivity contribution >= 4 is 27.7 Å². The first-order chi connectivity index (χ1) is 14.6. The zero-order chi connectivity index (χ0) is 23.0. The summed E-state index contributed by atoms with van der Waals surface area (Å²) in [5, 5.41) is 5.55. The van der Waals surface area contributed by atoms with Crippen LogP contribution in [0.3, 0.4) is 0 Å². The number of amides is 3. The van der Waals surface area contributed by atoms with E-state index in [9.17, 15) is 22.8 Å². The zero-order valence-electron chi connectivity index (χ0n) is 18.2. The minimum absolute atomic E-state index is 0.0239. The summed E-state index contributed by atoms with van der Waals surface area (Å²) in [5.41, 5.74) is 1.30. The Morgan fingerprint density at radius 2 is 1.90 bits per heavy atom. The van der Waals surface area contributed by atoms with E-state index in [1.54, 1.807) is 30.0 Å². The van der Waals surface area contributed by atoms with Crippen LogP contribution in [0.5, 0.6) is 0 Å². The first-order valence-electron chi connectivity index (χ1n) is 10.4. The van der Waals surface area contributed by atoms with Crippen LogP contribution in [0, 0.1) is 6.92 Å². The molecule has 1 heterocycles. The summed E-state index contributed by atoms with van der Waals surface area (Å²) in [6.07, 6.45) is 1.80. The van der Waals surface area contributed by atoms with Crippen LogP contribution in [0.2, 0.25) is 0 Å². The van der Waals surface area contributed by atoms with Crippen molar-refractivity contribution in [1.82, 2.24) is 15.5 Å². The Bertz CT molecular complexity index is 894. The molecule has 0 aliphatic carbocycles. The summed E-state index contributed by atoms with van der Waals surface area (Å²) in [4.78, 5) is 38.9. The Hall–Kier alpha value is -2.62. The van der Waals surface area contributed by atoms with Gasteiger partial charge in [-0.05, 0) is 45.2 Å². The van der Waals surface area contributed by atoms with Gasteiger partial charge < -0.3 is 20.3 Å². The number of hydrogen-bond donors (Lipinski definition) is 2. The van der Waals surface area contributed by atoms with E-state index in [0.29, 0.717) is 38.1 Å². The van der Waals surface area contributed by atoms with Crippen LogP contribution in [-0.4, -0.2) is 75.0 Å². The van der Waals surface area contributed by atoms with E-state index in [1.165, 1.54) is 0 Å². The van der Waals surface area contributed by atoms with Gasteiger partial charge in [-0.3, -0.25) is 9.59 Å². The van der Waals surface area contributed by atoms with Gasteiger partial charge in [-0.15, -0.1) is 0 Å². The van der Waals surface area contributed by atoms with Gasteiger partial charge in [0.05, 0.1) is 12.4 Å². The lowest BCUT2D eigenvalue weighted by Gasteiger charge is -2.32. The van der Waals surface area contributed by atoms with Gasteiger partial charge in [0.25, 0.3) is 5.91 Å². The molecular weight excluding hydrogens is 422 g/mol. The number of sulfone groups is 1. The molecule has 31 heavy (non-hydrogen) atoms. The standard InChI is InChI=1S/C21H31N3O6S/c1-4-30-21(27)24-11-8-17(9-12-24)22-20(26)18(10-13-31(3,28)29)23-19(25)16-7-5-6-15(2)14-16/h5-7,14,17-18H,4,8-13H2,1-3H3,(H,22,26)(H,23,25)/t18-/m0/s1. The number of ether oxygens (including phenoxy) is 1. The second-order valence-electron chi connectivity index (χ2n) is 7.78. The molecular formula is C21H31N3O6S. The predicted octanol–water partition coefficient (Wildman–Crippen LogP) is 1.27. The number of carbonyl (C=O) groups is 3. The summed E-state index contributed by atoms with van der Waals surface area (Å²) in [6.45, 7) is 4.80. The Morgan fingerprint density at radius 3 is 2.48 bits per heavy atom. The highest BCUT2D eigenvalue weighted by Gasteiger charge is 2.28. The van der Waals surface area contributed by atoms with Crippen LogP contribution < -0.4 is 10.6 Å². The highest BCUT2D eigenvalue weighted by Crippen LogP contribution is 2.12. The molecule has 2 rings (SSSR count). The maximum atomic E-state index is 12.9. The molecule has 0 radical (unpaired) electrons. The van der Waals surface area contributed by atoms with Gasteiger partial charge in [0.15, 0.2) is 0 Å². The molecule has 3 amide bonds. The number of benzene rings is 1. The Morgan fingerprint density at radius 1 is 1.23 bits per heavy atom. The molecule has 1 fully saturated rings.